The van der Waals surface area contributed by atoms with Crippen LogP contribution in [0.25, 0.3) is 0 Å². The van der Waals surface area contributed by atoms with E-state index in [1.807, 2.05) is 78.8 Å². The number of thiol groups is 1. The van der Waals surface area contributed by atoms with Crippen molar-refractivity contribution in [1.82, 2.24) is 20.3 Å². The van der Waals surface area contributed by atoms with Crippen LogP contribution in [0.1, 0.15) is 67.4 Å². The van der Waals surface area contributed by atoms with Crippen molar-refractivity contribution in [3.05, 3.63) is 47.5 Å². The van der Waals surface area contributed by atoms with Crippen LogP contribution < -0.4 is 15.4 Å². The fourth-order valence-corrected chi connectivity index (χ4v) is 6.13. The van der Waals surface area contributed by atoms with Crippen LogP contribution >= 0.6 is 12.6 Å². The summed E-state index contributed by atoms with van der Waals surface area (Å²) in [5, 5.41) is 6.14. The lowest BCUT2D eigenvalue weighted by atomic mass is 9.76. The average Bonchev–Trinajstić information content (AvgIpc) is 2.87. The molecule has 11 heteroatoms. The topological polar surface area (TPSA) is 125 Å². The first-order valence-electron chi connectivity index (χ1n) is 13.9. The number of nitrogens with zero attached hydrogens (tertiary/aromatic N) is 1. The van der Waals surface area contributed by atoms with E-state index in [9.17, 15) is 22.8 Å². The molecule has 0 heterocycles. The second-order valence-corrected chi connectivity index (χ2v) is 14.8. The van der Waals surface area contributed by atoms with Crippen molar-refractivity contribution in [2.75, 3.05) is 25.6 Å². The smallest absolute Gasteiger partial charge is 0.260 e. The molecule has 0 aliphatic carbocycles. The molecule has 41 heavy (non-hydrogen) atoms. The summed E-state index contributed by atoms with van der Waals surface area (Å²) in [6.07, 6.45) is 1.92. The molecule has 0 bridgehead atoms. The van der Waals surface area contributed by atoms with Gasteiger partial charge in [0.15, 0.2) is 0 Å². The third kappa shape index (κ3) is 10.4. The molecule has 0 fully saturated rings. The predicted octanol–water partition coefficient (Wildman–Crippen LogP) is 3.28. The van der Waals surface area contributed by atoms with E-state index in [1.54, 1.807) is 20.2 Å². The highest BCUT2D eigenvalue weighted by molar-refractivity contribution is 7.90. The number of carbonyl (C=O) groups is 3. The van der Waals surface area contributed by atoms with Gasteiger partial charge in [0.05, 0.1) is 17.8 Å². The zero-order valence-electron chi connectivity index (χ0n) is 26.2. The molecule has 0 saturated carbocycles. The number of nitrogens with one attached hydrogen (secondary N) is 3. The Labute approximate surface area is 252 Å². The summed E-state index contributed by atoms with van der Waals surface area (Å²) in [6.45, 7) is 14.9. The quantitative estimate of drug-likeness (QED) is 0.189. The minimum Gasteiger partial charge on any atom is -0.342 e. The van der Waals surface area contributed by atoms with Crippen LogP contribution in [-0.2, 0) is 29.8 Å². The normalized spacial score (nSPS) is 15.2. The van der Waals surface area contributed by atoms with Gasteiger partial charge in [0.25, 0.3) is 5.91 Å². The Kier molecular flexibility index (Phi) is 13.6. The van der Waals surface area contributed by atoms with Gasteiger partial charge in [-0.15, -0.1) is 0 Å². The molecule has 0 unspecified atom stereocenters. The van der Waals surface area contributed by atoms with Crippen molar-refractivity contribution in [2.24, 2.45) is 11.3 Å². The highest BCUT2D eigenvalue weighted by Gasteiger charge is 2.41. The molecule has 0 radical (unpaired) electrons. The molecule has 1 rings (SSSR count). The monoisotopic (exact) mass is 610 g/mol. The Bertz CT molecular complexity index is 1180. The Morgan fingerprint density at radius 2 is 1.59 bits per heavy atom. The van der Waals surface area contributed by atoms with Crippen LogP contribution in [0.4, 0.5) is 0 Å². The minimum atomic E-state index is -3.79. The standard InChI is InChI=1S/C30H50N4O5S2/c1-20(2)23(19-21(3)26(35)33-41(38,39)18-14-17-40)34(10)28(37)25(29(4,5)6)32-27(36)24(31-9)30(7,8)22-15-12-11-13-16-22/h11-13,15-16,19-20,23-25,31,40H,14,17-18H2,1-10H3,(H,32,36)(H,33,35)/t23-,24-,25-/m1/s1. The summed E-state index contributed by atoms with van der Waals surface area (Å²) in [4.78, 5) is 41.8. The van der Waals surface area contributed by atoms with Gasteiger partial charge in [-0.05, 0) is 43.0 Å². The molecule has 0 saturated heterocycles. The highest BCUT2D eigenvalue weighted by atomic mass is 32.2. The zero-order chi connectivity index (χ0) is 31.8. The molecular weight excluding hydrogens is 560 g/mol. The summed E-state index contributed by atoms with van der Waals surface area (Å²) in [5.41, 5.74) is -0.0431. The lowest BCUT2D eigenvalue weighted by Gasteiger charge is -2.40. The molecule has 1 aromatic rings. The number of hydrogen-bond donors (Lipinski definition) is 4. The van der Waals surface area contributed by atoms with Crippen LogP contribution in [0.2, 0.25) is 0 Å². The maximum atomic E-state index is 14.0. The van der Waals surface area contributed by atoms with Crippen LogP contribution in [0.3, 0.4) is 0 Å². The Morgan fingerprint density at radius 3 is 2.05 bits per heavy atom. The number of rotatable bonds is 14. The lowest BCUT2D eigenvalue weighted by Crippen LogP contribution is -2.61. The van der Waals surface area contributed by atoms with Gasteiger partial charge in [0.1, 0.15) is 6.04 Å². The van der Waals surface area contributed by atoms with E-state index in [1.165, 1.54) is 11.8 Å². The first kappa shape index (κ1) is 36.7. The van der Waals surface area contributed by atoms with Crippen LogP contribution in [0.5, 0.6) is 0 Å². The number of carbonyl (C=O) groups excluding carboxylic acids is 3. The van der Waals surface area contributed by atoms with E-state index in [0.29, 0.717) is 12.2 Å². The van der Waals surface area contributed by atoms with E-state index in [-0.39, 0.29) is 29.1 Å². The van der Waals surface area contributed by atoms with Crippen molar-refractivity contribution in [3.63, 3.8) is 0 Å². The van der Waals surface area contributed by atoms with Gasteiger partial charge >= 0.3 is 0 Å². The van der Waals surface area contributed by atoms with Gasteiger partial charge in [-0.3, -0.25) is 14.4 Å². The fourth-order valence-electron chi connectivity index (χ4n) is 4.69. The van der Waals surface area contributed by atoms with E-state index in [4.69, 9.17) is 0 Å². The third-order valence-corrected chi connectivity index (χ3v) is 8.90. The molecular formula is C30H50N4O5S2. The van der Waals surface area contributed by atoms with E-state index < -0.39 is 44.9 Å². The van der Waals surface area contributed by atoms with Crippen LogP contribution in [0.15, 0.2) is 42.0 Å². The molecule has 232 valence electrons. The van der Waals surface area contributed by atoms with Gasteiger partial charge in [-0.25, -0.2) is 13.1 Å². The summed E-state index contributed by atoms with van der Waals surface area (Å²) in [5.74, 6) is -1.29. The van der Waals surface area contributed by atoms with Gasteiger partial charge in [-0.1, -0.05) is 84.9 Å². The second-order valence-electron chi connectivity index (χ2n) is 12.5. The van der Waals surface area contributed by atoms with Crippen molar-refractivity contribution in [2.45, 2.75) is 85.4 Å². The predicted molar refractivity (Wildman–Crippen MR) is 169 cm³/mol. The van der Waals surface area contributed by atoms with Crippen molar-refractivity contribution >= 4 is 40.4 Å². The Balaban J connectivity index is 3.28. The number of likely N-dealkylation sites (N-methyl/N-ethyl adjacent to an activating group) is 2. The average molecular weight is 611 g/mol. The highest BCUT2D eigenvalue weighted by Crippen LogP contribution is 2.29. The Hall–Kier alpha value is -2.37. The van der Waals surface area contributed by atoms with E-state index in [0.717, 1.165) is 5.56 Å². The van der Waals surface area contributed by atoms with Crippen molar-refractivity contribution in [3.8, 4) is 0 Å². The fraction of sp³-hybridized carbons (Fsp3) is 0.633. The first-order chi connectivity index (χ1) is 18.8. The van der Waals surface area contributed by atoms with Gasteiger partial charge < -0.3 is 15.5 Å². The zero-order valence-corrected chi connectivity index (χ0v) is 27.9. The second kappa shape index (κ2) is 15.2. The summed E-state index contributed by atoms with van der Waals surface area (Å²) in [6, 6.07) is 7.71. The first-order valence-corrected chi connectivity index (χ1v) is 16.2. The number of benzene rings is 1. The van der Waals surface area contributed by atoms with Crippen LogP contribution in [0, 0.1) is 11.3 Å². The number of sulfonamides is 1. The molecule has 3 amide bonds. The maximum Gasteiger partial charge on any atom is 0.260 e. The molecule has 0 aromatic heterocycles. The molecule has 9 nitrogen and oxygen atoms in total. The third-order valence-electron chi connectivity index (χ3n) is 7.27. The summed E-state index contributed by atoms with van der Waals surface area (Å²) < 4.78 is 26.5. The van der Waals surface area contributed by atoms with Crippen LogP contribution in [-0.4, -0.2) is 74.8 Å². The molecule has 1 aromatic carbocycles. The molecule has 0 aliphatic rings. The van der Waals surface area contributed by atoms with Gasteiger partial charge in [0, 0.05) is 18.0 Å². The Morgan fingerprint density at radius 1 is 1.02 bits per heavy atom. The van der Waals surface area contributed by atoms with Crippen molar-refractivity contribution in [1.29, 1.82) is 0 Å². The summed E-state index contributed by atoms with van der Waals surface area (Å²) >= 11 is 4.02. The lowest BCUT2D eigenvalue weighted by molar-refractivity contribution is -0.140. The van der Waals surface area contributed by atoms with E-state index in [2.05, 4.69) is 28.0 Å². The molecule has 0 aliphatic heterocycles. The molecule has 3 N–H and O–H groups in total. The molecule has 3 atom stereocenters. The maximum absolute atomic E-state index is 14.0. The number of hydrogen-bond acceptors (Lipinski definition) is 7. The molecule has 0 spiro atoms. The van der Waals surface area contributed by atoms with E-state index >= 15 is 0 Å². The minimum absolute atomic E-state index is 0.106. The number of amides is 3. The summed E-state index contributed by atoms with van der Waals surface area (Å²) in [7, 11) is -0.438. The van der Waals surface area contributed by atoms with Crippen molar-refractivity contribution < 1.29 is 22.8 Å². The SMILES string of the molecule is CN[C@H](C(=O)N[C@H](C(=O)N(C)[C@H](C=C(C)C(=O)NS(=O)(=O)CCCS)C(C)C)C(C)(C)C)C(C)(C)c1ccccc1. The largest absolute Gasteiger partial charge is 0.342 e. The van der Waals surface area contributed by atoms with Gasteiger partial charge in [-0.2, -0.15) is 12.6 Å². The van der Waals surface area contributed by atoms with Gasteiger partial charge in [0.2, 0.25) is 21.8 Å².